The minimum Gasteiger partial charge on any atom is -0.347 e. The minimum atomic E-state index is -3.71. The molecule has 0 spiro atoms. The van der Waals surface area contributed by atoms with Crippen LogP contribution in [0.4, 0.5) is 4.79 Å². The predicted octanol–water partition coefficient (Wildman–Crippen LogP) is 3.61. The summed E-state index contributed by atoms with van der Waals surface area (Å²) in [6, 6.07) is -3.37. The van der Waals surface area contributed by atoms with Gasteiger partial charge < -0.3 is 26.2 Å². The first-order valence-electron chi connectivity index (χ1n) is 19.8. The van der Waals surface area contributed by atoms with Crippen molar-refractivity contribution >= 4 is 39.6 Å². The number of urea groups is 1. The second kappa shape index (κ2) is 15.5. The van der Waals surface area contributed by atoms with E-state index in [2.05, 4.69) is 35.1 Å². The van der Waals surface area contributed by atoms with Crippen LogP contribution < -0.4 is 21.3 Å². The predicted molar refractivity (Wildman–Crippen MR) is 198 cm³/mol. The molecule has 5 amide bonds. The van der Waals surface area contributed by atoms with Crippen LogP contribution in [-0.2, 0) is 29.2 Å². The lowest BCUT2D eigenvalue weighted by molar-refractivity contribution is -0.146. The topological polar surface area (TPSA) is 174 Å². The van der Waals surface area contributed by atoms with Crippen LogP contribution in [0.1, 0.15) is 131 Å². The fraction of sp³-hybridized carbons (Fsp3) is 0.868. The van der Waals surface area contributed by atoms with Gasteiger partial charge in [0.2, 0.25) is 27.6 Å². The fourth-order valence-electron chi connectivity index (χ4n) is 9.55. The second-order valence-corrected chi connectivity index (χ2v) is 20.1. The highest BCUT2D eigenvalue weighted by Crippen LogP contribution is 2.65. The zero-order valence-corrected chi connectivity index (χ0v) is 33.3. The highest BCUT2D eigenvalue weighted by molar-refractivity contribution is 7.89. The number of piperidine rings is 1. The number of nitrogens with zero attached hydrogens (tertiary/aromatic N) is 2. The molecule has 0 aromatic carbocycles. The molecule has 4 N–H and O–H groups in total. The monoisotopic (exact) mass is 748 g/mol. The Morgan fingerprint density at radius 2 is 1.48 bits per heavy atom. The summed E-state index contributed by atoms with van der Waals surface area (Å²) < 4.78 is 28.0. The molecule has 5 fully saturated rings. The lowest BCUT2D eigenvalue weighted by Gasteiger charge is -2.45. The van der Waals surface area contributed by atoms with Crippen LogP contribution in [0, 0.1) is 22.7 Å². The Labute approximate surface area is 311 Å². The molecule has 0 unspecified atom stereocenters. The van der Waals surface area contributed by atoms with Gasteiger partial charge in [0.05, 0.1) is 16.8 Å². The third-order valence-electron chi connectivity index (χ3n) is 13.4. The van der Waals surface area contributed by atoms with Crippen molar-refractivity contribution in [3.63, 3.8) is 0 Å². The molecule has 0 aromatic heterocycles. The van der Waals surface area contributed by atoms with E-state index in [1.54, 1.807) is 11.8 Å². The number of amides is 5. The quantitative estimate of drug-likeness (QED) is 0.185. The summed E-state index contributed by atoms with van der Waals surface area (Å²) in [5.41, 5.74) is -1.78. The van der Waals surface area contributed by atoms with Gasteiger partial charge in [0.1, 0.15) is 12.1 Å². The normalized spacial score (nSPS) is 27.8. The molecule has 4 saturated carbocycles. The zero-order chi connectivity index (χ0) is 38.2. The number of hydrogen-bond acceptors (Lipinski definition) is 7. The van der Waals surface area contributed by atoms with Crippen molar-refractivity contribution in [2.75, 3.05) is 20.6 Å². The number of unbranched alkanes of at least 4 members (excludes halogenated alkanes) is 1. The highest BCUT2D eigenvalue weighted by atomic mass is 32.2. The summed E-state index contributed by atoms with van der Waals surface area (Å²) in [6.07, 6.45) is 11.2. The molecule has 0 aromatic rings. The average molecular weight is 749 g/mol. The maximum atomic E-state index is 14.9. The first-order chi connectivity index (χ1) is 24.4. The van der Waals surface area contributed by atoms with Crippen molar-refractivity contribution in [2.24, 2.45) is 22.7 Å². The van der Waals surface area contributed by atoms with Crippen molar-refractivity contribution in [2.45, 2.75) is 166 Å². The van der Waals surface area contributed by atoms with Crippen LogP contribution in [0.25, 0.3) is 0 Å². The van der Waals surface area contributed by atoms with E-state index in [4.69, 9.17) is 0 Å². The molecule has 52 heavy (non-hydrogen) atoms. The molecule has 1 heterocycles. The van der Waals surface area contributed by atoms with E-state index < -0.39 is 68.0 Å². The molecule has 6 atom stereocenters. The highest BCUT2D eigenvalue weighted by Gasteiger charge is 2.70. The summed E-state index contributed by atoms with van der Waals surface area (Å²) in [4.78, 5) is 71.1. The Hall–Kier alpha value is -2.74. The van der Waals surface area contributed by atoms with Gasteiger partial charge in [-0.15, -0.1) is 0 Å². The Balaban J connectivity index is 1.40. The molecule has 4 aliphatic carbocycles. The van der Waals surface area contributed by atoms with Crippen molar-refractivity contribution in [3.05, 3.63) is 0 Å². The van der Waals surface area contributed by atoms with Crippen molar-refractivity contribution < 1.29 is 32.4 Å². The summed E-state index contributed by atoms with van der Waals surface area (Å²) in [6.45, 7) is 10.2. The Morgan fingerprint density at radius 1 is 0.885 bits per heavy atom. The van der Waals surface area contributed by atoms with Crippen LogP contribution >= 0.6 is 0 Å². The maximum Gasteiger partial charge on any atom is 0.315 e. The number of sulfonamides is 1. The summed E-state index contributed by atoms with van der Waals surface area (Å²) >= 11 is 0. The van der Waals surface area contributed by atoms with Gasteiger partial charge in [0.25, 0.3) is 5.91 Å². The van der Waals surface area contributed by atoms with Crippen LogP contribution in [0.3, 0.4) is 0 Å². The lowest BCUT2D eigenvalue weighted by atomic mass is 9.70. The first-order valence-corrected chi connectivity index (χ1v) is 21.4. The van der Waals surface area contributed by atoms with E-state index >= 15 is 0 Å². The lowest BCUT2D eigenvalue weighted by Crippen LogP contribution is -2.66. The molecule has 5 rings (SSSR count). The van der Waals surface area contributed by atoms with E-state index in [0.717, 1.165) is 57.8 Å². The van der Waals surface area contributed by atoms with E-state index in [1.807, 2.05) is 13.8 Å². The number of likely N-dealkylation sites (tertiary alicyclic amines) is 1. The Bertz CT molecular complexity index is 1480. The Morgan fingerprint density at radius 3 is 2.04 bits per heavy atom. The molecule has 0 radical (unpaired) electrons. The van der Waals surface area contributed by atoms with Crippen LogP contribution in [0.15, 0.2) is 0 Å². The Kier molecular flexibility index (Phi) is 12.1. The van der Waals surface area contributed by atoms with Gasteiger partial charge in [-0.3, -0.25) is 19.2 Å². The smallest absolute Gasteiger partial charge is 0.315 e. The molecular weight excluding hydrogens is 685 g/mol. The van der Waals surface area contributed by atoms with Gasteiger partial charge in [0.15, 0.2) is 0 Å². The molecule has 14 heteroatoms. The largest absolute Gasteiger partial charge is 0.347 e. The fourth-order valence-corrected chi connectivity index (χ4v) is 11.0. The molecule has 294 valence electrons. The minimum absolute atomic E-state index is 0.00585. The third kappa shape index (κ3) is 8.17. The van der Waals surface area contributed by atoms with Gasteiger partial charge >= 0.3 is 6.03 Å². The number of hydrogen-bond donors (Lipinski definition) is 4. The number of carbonyl (C=O) groups excluding carboxylic acids is 5. The number of ketones is 1. The van der Waals surface area contributed by atoms with E-state index in [1.165, 1.54) is 18.4 Å². The summed E-state index contributed by atoms with van der Waals surface area (Å²) in [7, 11) is -0.708. The van der Waals surface area contributed by atoms with E-state index in [-0.39, 0.29) is 29.2 Å². The second-order valence-electron chi connectivity index (χ2n) is 17.6. The molecule has 1 saturated heterocycles. The van der Waals surface area contributed by atoms with Crippen molar-refractivity contribution in [1.82, 2.24) is 30.5 Å². The third-order valence-corrected chi connectivity index (χ3v) is 15.8. The van der Waals surface area contributed by atoms with Gasteiger partial charge in [-0.05, 0) is 74.5 Å². The van der Waals surface area contributed by atoms with Crippen LogP contribution in [-0.4, -0.2) is 103 Å². The number of rotatable bonds is 15. The van der Waals surface area contributed by atoms with Gasteiger partial charge in [-0.1, -0.05) is 79.1 Å². The number of nitrogens with one attached hydrogen (secondary N) is 4. The SMILES string of the molecule is CCCC[C@H](NC(=O)[C@@H]1[C@@H]2[C@H](CN1C(=O)[C@@H](NC(=O)NC1([C@@H](C)S(=O)(=O)N(C)C)CCCCC1)C1(C)CCCCC1)C2(C)C)C(=O)C(=O)NC1CC1. The molecule has 1 aliphatic heterocycles. The van der Waals surface area contributed by atoms with Gasteiger partial charge in [-0.2, -0.15) is 0 Å². The van der Waals surface area contributed by atoms with Crippen molar-refractivity contribution in [3.8, 4) is 0 Å². The maximum absolute atomic E-state index is 14.9. The standard InChI is InChI=1S/C38H64N6O7S/c1-8-9-16-27(30(45)33(47)39-25-17-18-25)40-32(46)29-28-26(36(28,3)4)23-44(29)34(48)31(37(5)19-12-10-13-20-37)41-35(49)42-38(21-14-11-15-22-38)24(2)52(50,51)43(6)7/h24-29,31H,8-23H2,1-7H3,(H,39,47)(H,40,46)(H2,41,42,49)/t24-,26+,27+,28+,29+,31-/m1/s1. The van der Waals surface area contributed by atoms with Gasteiger partial charge in [0, 0.05) is 26.7 Å². The van der Waals surface area contributed by atoms with E-state index in [9.17, 15) is 32.4 Å². The molecule has 13 nitrogen and oxygen atoms in total. The van der Waals surface area contributed by atoms with E-state index in [0.29, 0.717) is 45.1 Å². The van der Waals surface area contributed by atoms with Crippen LogP contribution in [0.5, 0.6) is 0 Å². The summed E-state index contributed by atoms with van der Waals surface area (Å²) in [5.74, 6) is -2.18. The number of fused-ring (bicyclic) bond motifs is 1. The molecule has 5 aliphatic rings. The average Bonchev–Trinajstić information content (AvgIpc) is 3.95. The zero-order valence-electron chi connectivity index (χ0n) is 32.5. The van der Waals surface area contributed by atoms with Gasteiger partial charge in [-0.25, -0.2) is 17.5 Å². The first kappa shape index (κ1) is 40.4. The summed E-state index contributed by atoms with van der Waals surface area (Å²) in [5, 5.41) is 10.9. The molecule has 0 bridgehead atoms. The van der Waals surface area contributed by atoms with Crippen molar-refractivity contribution in [1.29, 1.82) is 0 Å². The van der Waals surface area contributed by atoms with Crippen LogP contribution in [0.2, 0.25) is 0 Å². The number of Topliss-reactive ketones (excluding diaryl/α,β-unsaturated/α-hetero) is 1. The molecular formula is C38H64N6O7S. The number of carbonyl (C=O) groups is 5.